The number of halogens is 2. The number of allylic oxidation sites excluding steroid dienone is 4. The van der Waals surface area contributed by atoms with E-state index < -0.39 is 0 Å². The van der Waals surface area contributed by atoms with E-state index in [0.29, 0.717) is 5.41 Å². The van der Waals surface area contributed by atoms with Crippen LogP contribution in [0, 0.1) is 13.0 Å². The van der Waals surface area contributed by atoms with Gasteiger partial charge in [-0.3, -0.25) is 6.08 Å². The number of fused-ring (bicyclic) bond motifs is 5. The summed E-state index contributed by atoms with van der Waals surface area (Å²) in [5, 5.41) is 0. The van der Waals surface area contributed by atoms with Gasteiger partial charge in [-0.05, 0) is 58.4 Å². The molecule has 0 aromatic heterocycles. The standard InChI is InChI=1S/C25H25.C12H19.C7H6.2ClH.Zr/c1-14-12-24(3,4)22-8-16-7-17-9-23-19(15(2)13-25(23,5)6)11-21(17)20(16)10-18(14)22;1-6-10-7-9(2)8-11(10)12(3,4)5;1-7-5-3-2-4-6-7;;;/h8-12H,7H2,1-6H3;7-8H,6H2,1-5H3;1-6H;2*1H;/q2*-1;;;;+2/p-2. The van der Waals surface area contributed by atoms with Gasteiger partial charge in [0.05, 0.1) is 0 Å². The van der Waals surface area contributed by atoms with E-state index in [2.05, 4.69) is 153 Å². The molecule has 0 atom stereocenters. The molecular weight excluding hydrogens is 691 g/mol. The molecular formula is C44H50Cl2Zr-2. The molecule has 47 heavy (non-hydrogen) atoms. The van der Waals surface area contributed by atoms with Crippen molar-refractivity contribution in [3.8, 4) is 11.1 Å². The van der Waals surface area contributed by atoms with Gasteiger partial charge >= 0.3 is 63.8 Å². The zero-order chi connectivity index (χ0) is 32.9. The van der Waals surface area contributed by atoms with Gasteiger partial charge < -0.3 is 24.8 Å². The number of rotatable bonds is 2. The summed E-state index contributed by atoms with van der Waals surface area (Å²) in [4.78, 5) is 0. The molecule has 3 aliphatic carbocycles. The van der Waals surface area contributed by atoms with E-state index in [1.807, 2.05) is 6.07 Å². The van der Waals surface area contributed by atoms with Gasteiger partial charge in [0.1, 0.15) is 0 Å². The Bertz CT molecular complexity index is 1740. The maximum absolute atomic E-state index is 3.65. The first-order valence-electron chi connectivity index (χ1n) is 16.5. The van der Waals surface area contributed by atoms with Crippen molar-refractivity contribution in [1.82, 2.24) is 0 Å². The minimum absolute atomic E-state index is 0. The summed E-state index contributed by atoms with van der Waals surface area (Å²) in [7, 11) is 0. The topological polar surface area (TPSA) is 0 Å². The molecule has 0 saturated heterocycles. The van der Waals surface area contributed by atoms with Gasteiger partial charge in [0.25, 0.3) is 0 Å². The first kappa shape index (κ1) is 39.3. The van der Waals surface area contributed by atoms with Crippen LogP contribution in [0.5, 0.6) is 0 Å². The Morgan fingerprint density at radius 3 is 1.89 bits per heavy atom. The molecule has 3 aliphatic rings. The van der Waals surface area contributed by atoms with E-state index in [0.717, 1.165) is 12.8 Å². The molecule has 0 nitrogen and oxygen atoms in total. The van der Waals surface area contributed by atoms with Crippen LogP contribution in [-0.4, -0.2) is 3.71 Å². The van der Waals surface area contributed by atoms with Gasteiger partial charge in [-0.25, -0.2) is 11.6 Å². The van der Waals surface area contributed by atoms with Crippen LogP contribution in [0.15, 0.2) is 72.8 Å². The third kappa shape index (κ3) is 8.01. The van der Waals surface area contributed by atoms with Gasteiger partial charge in [-0.15, -0.1) is 11.6 Å². The summed E-state index contributed by atoms with van der Waals surface area (Å²) >= 11 is 1.46. The molecule has 0 unspecified atom stereocenters. The fourth-order valence-electron chi connectivity index (χ4n) is 7.53. The summed E-state index contributed by atoms with van der Waals surface area (Å²) in [5.74, 6) is 0. The molecule has 4 aromatic carbocycles. The third-order valence-corrected chi connectivity index (χ3v) is 10.5. The molecule has 0 amide bonds. The van der Waals surface area contributed by atoms with Crippen LogP contribution in [0.1, 0.15) is 125 Å². The van der Waals surface area contributed by atoms with Crippen molar-refractivity contribution in [3.05, 3.63) is 135 Å². The molecule has 4 aromatic rings. The van der Waals surface area contributed by atoms with Crippen molar-refractivity contribution >= 4 is 14.9 Å². The second-order valence-electron chi connectivity index (χ2n) is 15.3. The molecule has 246 valence electrons. The predicted molar refractivity (Wildman–Crippen MR) is 193 cm³/mol. The fourth-order valence-corrected chi connectivity index (χ4v) is 8.00. The van der Waals surface area contributed by atoms with E-state index in [9.17, 15) is 0 Å². The molecule has 0 heterocycles. The molecule has 0 bridgehead atoms. The van der Waals surface area contributed by atoms with Crippen molar-refractivity contribution < 1.29 is 49.0 Å². The van der Waals surface area contributed by atoms with Crippen LogP contribution in [0.2, 0.25) is 0 Å². The number of hydrogen-bond acceptors (Lipinski definition) is 0. The Balaban J connectivity index is 0.000000229. The Labute approximate surface area is 312 Å². The van der Waals surface area contributed by atoms with Gasteiger partial charge in [-0.2, -0.15) is 28.3 Å². The zero-order valence-electron chi connectivity index (χ0n) is 30.2. The van der Waals surface area contributed by atoms with Crippen LogP contribution in [0.3, 0.4) is 0 Å². The van der Waals surface area contributed by atoms with Crippen molar-refractivity contribution in [2.45, 2.75) is 105 Å². The quantitative estimate of drug-likeness (QED) is 0.213. The summed E-state index contributed by atoms with van der Waals surface area (Å²) in [6, 6.07) is 24.8. The number of aryl methyl sites for hydroxylation is 2. The van der Waals surface area contributed by atoms with Gasteiger partial charge in [0, 0.05) is 5.41 Å². The predicted octanol–water partition coefficient (Wildman–Crippen LogP) is 5.42. The summed E-state index contributed by atoms with van der Waals surface area (Å²) in [6.07, 6.45) is 8.29. The first-order valence-corrected chi connectivity index (χ1v) is 18.0. The van der Waals surface area contributed by atoms with Gasteiger partial charge in [0.15, 0.2) is 0 Å². The number of hydrogen-bond donors (Lipinski definition) is 0. The maximum atomic E-state index is 3.65. The van der Waals surface area contributed by atoms with Crippen molar-refractivity contribution in [3.63, 3.8) is 0 Å². The van der Waals surface area contributed by atoms with Crippen LogP contribution >= 0.6 is 0 Å². The number of benzene rings is 3. The van der Waals surface area contributed by atoms with Crippen LogP contribution in [-0.2, 0) is 53.3 Å². The van der Waals surface area contributed by atoms with Crippen LogP contribution in [0.25, 0.3) is 22.3 Å². The van der Waals surface area contributed by atoms with E-state index in [-0.39, 0.29) is 35.6 Å². The molecule has 0 fully saturated rings. The normalized spacial score (nSPS) is 15.5. The third-order valence-electron chi connectivity index (χ3n) is 9.71. The van der Waals surface area contributed by atoms with Crippen molar-refractivity contribution in [2.75, 3.05) is 0 Å². The molecule has 0 aliphatic heterocycles. The Morgan fingerprint density at radius 1 is 0.809 bits per heavy atom. The fraction of sp³-hybridized carbons (Fsp3) is 0.364. The Morgan fingerprint density at radius 2 is 1.38 bits per heavy atom. The molecule has 0 saturated carbocycles. The SMILES string of the molecule is CC1=[C-]C(C)(C)c2cc3c(cc21)-c1cc2c(cc1C3)C(C)(C)C=C2C.CCc1[cH-]c(C)cc1C(C)(C)C.[Cl-].[Cl-].[Zr+2]=[CH]c1ccccc1. The van der Waals surface area contributed by atoms with Gasteiger partial charge in [0.2, 0.25) is 0 Å². The second kappa shape index (κ2) is 14.7. The Hall–Kier alpha value is -2.18. The van der Waals surface area contributed by atoms with Crippen LogP contribution < -0.4 is 24.8 Å². The molecule has 7 rings (SSSR count). The molecule has 0 spiro atoms. The van der Waals surface area contributed by atoms with Gasteiger partial charge in [-0.1, -0.05) is 105 Å². The van der Waals surface area contributed by atoms with Crippen LogP contribution in [0.4, 0.5) is 0 Å². The van der Waals surface area contributed by atoms with Crippen molar-refractivity contribution in [1.29, 1.82) is 0 Å². The summed E-state index contributed by atoms with van der Waals surface area (Å²) in [6.45, 7) is 24.9. The van der Waals surface area contributed by atoms with E-state index >= 15 is 0 Å². The zero-order valence-corrected chi connectivity index (χ0v) is 34.1. The Kier molecular flexibility index (Phi) is 12.3. The minimum atomic E-state index is 0. The van der Waals surface area contributed by atoms with E-state index in [1.165, 1.54) is 102 Å². The molecule has 0 N–H and O–H groups in total. The monoisotopic (exact) mass is 738 g/mol. The summed E-state index contributed by atoms with van der Waals surface area (Å²) < 4.78 is 2.17. The molecule has 0 radical (unpaired) electrons. The summed E-state index contributed by atoms with van der Waals surface area (Å²) in [5.41, 5.74) is 20.6. The van der Waals surface area contributed by atoms with Crippen molar-refractivity contribution in [2.24, 2.45) is 0 Å². The second-order valence-corrected chi connectivity index (χ2v) is 16.1. The average molecular weight is 741 g/mol. The van der Waals surface area contributed by atoms with E-state index in [4.69, 9.17) is 0 Å². The molecule has 3 heteroatoms. The average Bonchev–Trinajstić information content (AvgIpc) is 3.67. The first-order chi connectivity index (χ1) is 21.1. The van der Waals surface area contributed by atoms with E-state index in [1.54, 1.807) is 0 Å².